The van der Waals surface area contributed by atoms with Gasteiger partial charge in [0.1, 0.15) is 12.2 Å². The maximum Gasteiger partial charge on any atom is 0.250 e. The van der Waals surface area contributed by atoms with E-state index in [1.165, 1.54) is 18.5 Å². The van der Waals surface area contributed by atoms with Crippen LogP contribution >= 0.6 is 0 Å². The first-order valence-electron chi connectivity index (χ1n) is 4.28. The summed E-state index contributed by atoms with van der Waals surface area (Å²) in [5, 5.41) is 27.3. The molecule has 2 unspecified atom stereocenters. The van der Waals surface area contributed by atoms with Crippen molar-refractivity contribution in [1.82, 2.24) is 4.98 Å². The van der Waals surface area contributed by atoms with Crippen LogP contribution in [-0.4, -0.2) is 38.9 Å². The highest BCUT2D eigenvalue weighted by Crippen LogP contribution is 2.16. The Hall–Kier alpha value is -1.50. The first-order chi connectivity index (χ1) is 7.06. The molecule has 82 valence electrons. The maximum atomic E-state index is 10.8. The molecule has 0 saturated carbocycles. The lowest BCUT2D eigenvalue weighted by molar-refractivity contribution is -0.0154. The average Bonchev–Trinajstić information content (AvgIpc) is 2.27. The van der Waals surface area contributed by atoms with Gasteiger partial charge in [-0.2, -0.15) is 0 Å². The summed E-state index contributed by atoms with van der Waals surface area (Å²) >= 11 is 0. The highest BCUT2D eigenvalue weighted by molar-refractivity contribution is 5.92. The summed E-state index contributed by atoms with van der Waals surface area (Å²) in [4.78, 5) is 14.5. The Morgan fingerprint density at radius 1 is 1.47 bits per heavy atom. The lowest BCUT2D eigenvalue weighted by Gasteiger charge is -2.15. The monoisotopic (exact) mass is 212 g/mol. The average molecular weight is 212 g/mol. The second kappa shape index (κ2) is 4.83. The second-order valence-electron chi connectivity index (χ2n) is 3.07. The molecular formula is C9H12N2O4. The summed E-state index contributed by atoms with van der Waals surface area (Å²) in [5.41, 5.74) is 5.38. The van der Waals surface area contributed by atoms with Gasteiger partial charge in [0.05, 0.1) is 12.2 Å². The van der Waals surface area contributed by atoms with Crippen molar-refractivity contribution in [3.63, 3.8) is 0 Å². The Kier molecular flexibility index (Phi) is 3.73. The van der Waals surface area contributed by atoms with Crippen molar-refractivity contribution in [3.8, 4) is 0 Å². The third-order valence-electron chi connectivity index (χ3n) is 1.94. The van der Waals surface area contributed by atoms with E-state index in [0.717, 1.165) is 0 Å². The van der Waals surface area contributed by atoms with Gasteiger partial charge in [-0.05, 0) is 6.07 Å². The zero-order chi connectivity index (χ0) is 11.4. The lowest BCUT2D eigenvalue weighted by Crippen LogP contribution is -2.22. The normalized spacial score (nSPS) is 14.6. The fraction of sp³-hybridized carbons (Fsp3) is 0.333. The molecule has 1 amide bonds. The number of carbonyl (C=O) groups is 1. The fourth-order valence-electron chi connectivity index (χ4n) is 1.08. The molecule has 0 aliphatic rings. The summed E-state index contributed by atoms with van der Waals surface area (Å²) in [6, 6.07) is 1.32. The third-order valence-corrected chi connectivity index (χ3v) is 1.94. The highest BCUT2D eigenvalue weighted by atomic mass is 16.4. The van der Waals surface area contributed by atoms with Gasteiger partial charge < -0.3 is 21.1 Å². The number of aliphatic hydroxyl groups is 3. The molecule has 6 heteroatoms. The second-order valence-corrected chi connectivity index (χ2v) is 3.07. The summed E-state index contributed by atoms with van der Waals surface area (Å²) in [7, 11) is 0. The van der Waals surface area contributed by atoms with Crippen molar-refractivity contribution in [1.29, 1.82) is 0 Å². The van der Waals surface area contributed by atoms with Crippen molar-refractivity contribution in [2.24, 2.45) is 5.73 Å². The molecule has 0 aliphatic heterocycles. The number of hydrogen-bond donors (Lipinski definition) is 4. The topological polar surface area (TPSA) is 117 Å². The predicted molar refractivity (Wildman–Crippen MR) is 50.8 cm³/mol. The number of rotatable bonds is 4. The van der Waals surface area contributed by atoms with Gasteiger partial charge in [-0.25, -0.2) is 0 Å². The molecule has 0 bridgehead atoms. The Labute approximate surface area is 86.0 Å². The molecule has 0 radical (unpaired) electrons. The Morgan fingerprint density at radius 3 is 2.67 bits per heavy atom. The van der Waals surface area contributed by atoms with E-state index in [4.69, 9.17) is 15.9 Å². The van der Waals surface area contributed by atoms with Crippen LogP contribution in [-0.2, 0) is 0 Å². The third kappa shape index (κ3) is 2.72. The summed E-state index contributed by atoms with van der Waals surface area (Å²) in [6.45, 7) is -0.581. The standard InChI is InChI=1S/C9H12N2O4/c10-9(15)6-1-5(2-11-3-6)8(14)7(13)4-12/h1-3,7-8,12-14H,4H2,(H2,10,15). The molecule has 1 rings (SSSR count). The number of nitrogens with two attached hydrogens (primary N) is 1. The van der Waals surface area contributed by atoms with Crippen LogP contribution in [0.15, 0.2) is 18.5 Å². The minimum Gasteiger partial charge on any atom is -0.394 e. The fourth-order valence-corrected chi connectivity index (χ4v) is 1.08. The van der Waals surface area contributed by atoms with E-state index in [1.54, 1.807) is 0 Å². The molecule has 0 aliphatic carbocycles. The number of aromatic nitrogens is 1. The van der Waals surface area contributed by atoms with E-state index in [2.05, 4.69) is 4.98 Å². The van der Waals surface area contributed by atoms with Crippen LogP contribution in [0.25, 0.3) is 0 Å². The van der Waals surface area contributed by atoms with Crippen LogP contribution in [0.4, 0.5) is 0 Å². The van der Waals surface area contributed by atoms with E-state index in [1.807, 2.05) is 0 Å². The lowest BCUT2D eigenvalue weighted by atomic mass is 10.1. The van der Waals surface area contributed by atoms with Crippen molar-refractivity contribution >= 4 is 5.91 Å². The molecule has 5 N–H and O–H groups in total. The summed E-state index contributed by atoms with van der Waals surface area (Å²) < 4.78 is 0. The van der Waals surface area contributed by atoms with E-state index >= 15 is 0 Å². The van der Waals surface area contributed by atoms with Gasteiger partial charge in [0.25, 0.3) is 0 Å². The van der Waals surface area contributed by atoms with Crippen molar-refractivity contribution < 1.29 is 20.1 Å². The van der Waals surface area contributed by atoms with E-state index in [9.17, 15) is 9.90 Å². The van der Waals surface area contributed by atoms with Gasteiger partial charge in [-0.3, -0.25) is 9.78 Å². The minimum atomic E-state index is -1.31. The number of amides is 1. The molecule has 0 saturated heterocycles. The number of hydrogen-bond acceptors (Lipinski definition) is 5. The Bertz CT molecular complexity index is 356. The van der Waals surface area contributed by atoms with E-state index < -0.39 is 24.7 Å². The molecule has 2 atom stereocenters. The van der Waals surface area contributed by atoms with Crippen LogP contribution < -0.4 is 5.73 Å². The number of primary amides is 1. The minimum absolute atomic E-state index is 0.136. The Balaban J connectivity index is 2.94. The van der Waals surface area contributed by atoms with Crippen molar-refractivity contribution in [3.05, 3.63) is 29.6 Å². The molecule has 1 heterocycles. The number of nitrogens with zero attached hydrogens (tertiary/aromatic N) is 1. The van der Waals surface area contributed by atoms with Crippen LogP contribution in [0.3, 0.4) is 0 Å². The van der Waals surface area contributed by atoms with Gasteiger partial charge in [0.15, 0.2) is 0 Å². The predicted octanol–water partition coefficient (Wildman–Crippen LogP) is -1.43. The molecule has 0 fully saturated rings. The van der Waals surface area contributed by atoms with Gasteiger partial charge in [0.2, 0.25) is 5.91 Å². The molecular weight excluding hydrogens is 200 g/mol. The van der Waals surface area contributed by atoms with Gasteiger partial charge in [0, 0.05) is 18.0 Å². The molecule has 0 aromatic carbocycles. The van der Waals surface area contributed by atoms with Crippen LogP contribution in [0.5, 0.6) is 0 Å². The van der Waals surface area contributed by atoms with E-state index in [-0.39, 0.29) is 11.1 Å². The highest BCUT2D eigenvalue weighted by Gasteiger charge is 2.18. The first kappa shape index (κ1) is 11.6. The zero-order valence-electron chi connectivity index (χ0n) is 7.87. The largest absolute Gasteiger partial charge is 0.394 e. The summed E-state index contributed by atoms with van der Waals surface area (Å²) in [5.74, 6) is -0.671. The molecule has 1 aromatic rings. The number of aliphatic hydroxyl groups excluding tert-OH is 3. The zero-order valence-corrected chi connectivity index (χ0v) is 7.87. The number of pyridine rings is 1. The smallest absolute Gasteiger partial charge is 0.250 e. The van der Waals surface area contributed by atoms with Gasteiger partial charge >= 0.3 is 0 Å². The van der Waals surface area contributed by atoms with Crippen LogP contribution in [0.1, 0.15) is 22.0 Å². The molecule has 0 spiro atoms. The van der Waals surface area contributed by atoms with Crippen molar-refractivity contribution in [2.45, 2.75) is 12.2 Å². The van der Waals surface area contributed by atoms with Crippen molar-refractivity contribution in [2.75, 3.05) is 6.61 Å². The molecule has 15 heavy (non-hydrogen) atoms. The summed E-state index contributed by atoms with van der Waals surface area (Å²) in [6.07, 6.45) is -0.0587. The van der Waals surface area contributed by atoms with Gasteiger partial charge in [-0.15, -0.1) is 0 Å². The van der Waals surface area contributed by atoms with Gasteiger partial charge in [-0.1, -0.05) is 0 Å². The Morgan fingerprint density at radius 2 is 2.13 bits per heavy atom. The maximum absolute atomic E-state index is 10.8. The number of carbonyl (C=O) groups excluding carboxylic acids is 1. The van der Waals surface area contributed by atoms with Crippen LogP contribution in [0, 0.1) is 0 Å². The molecule has 1 aromatic heterocycles. The SMILES string of the molecule is NC(=O)c1cncc(C(O)C(O)CO)c1. The first-order valence-corrected chi connectivity index (χ1v) is 4.28. The quantitative estimate of drug-likeness (QED) is 0.488. The molecule has 6 nitrogen and oxygen atoms in total. The van der Waals surface area contributed by atoms with E-state index in [0.29, 0.717) is 0 Å². The van der Waals surface area contributed by atoms with Crippen LogP contribution in [0.2, 0.25) is 0 Å².